The molecule has 0 aliphatic carbocycles. The highest BCUT2D eigenvalue weighted by molar-refractivity contribution is 5.77. The molecule has 0 bridgehead atoms. The number of rotatable bonds is 5. The van der Waals surface area contributed by atoms with Crippen LogP contribution >= 0.6 is 0 Å². The van der Waals surface area contributed by atoms with Gasteiger partial charge in [0.05, 0.1) is 0 Å². The van der Waals surface area contributed by atoms with E-state index in [-0.39, 0.29) is 17.4 Å². The fraction of sp³-hybridized carbons (Fsp3) is 0.824. The lowest BCUT2D eigenvalue weighted by atomic mass is 9.96. The Bertz CT molecular complexity index is 533. The number of carbonyl (C=O) groups is 1. The molecule has 1 N–H and O–H groups in total. The molecule has 6 nitrogen and oxygen atoms in total. The molecule has 0 radical (unpaired) electrons. The molecule has 1 aromatic rings. The molecule has 1 amide bonds. The highest BCUT2D eigenvalue weighted by Gasteiger charge is 2.29. The summed E-state index contributed by atoms with van der Waals surface area (Å²) in [7, 11) is 0. The predicted molar refractivity (Wildman–Crippen MR) is 89.0 cm³/mol. The Labute approximate surface area is 139 Å². The third-order valence-corrected chi connectivity index (χ3v) is 4.37. The highest BCUT2D eigenvalue weighted by Crippen LogP contribution is 2.23. The molecule has 1 fully saturated rings. The Morgan fingerprint density at radius 2 is 2.09 bits per heavy atom. The molecular formula is C17H30N4O2. The molecule has 0 saturated carbocycles. The molecule has 0 spiro atoms. The lowest BCUT2D eigenvalue weighted by molar-refractivity contribution is -0.123. The van der Waals surface area contributed by atoms with E-state index in [1.807, 2.05) is 27.7 Å². The van der Waals surface area contributed by atoms with E-state index in [9.17, 15) is 4.79 Å². The Hall–Kier alpha value is -1.43. The van der Waals surface area contributed by atoms with Crippen molar-refractivity contribution in [3.8, 4) is 0 Å². The Morgan fingerprint density at radius 3 is 2.65 bits per heavy atom. The molecule has 1 aromatic heterocycles. The van der Waals surface area contributed by atoms with E-state index >= 15 is 0 Å². The van der Waals surface area contributed by atoms with Crippen LogP contribution in [0.25, 0.3) is 0 Å². The van der Waals surface area contributed by atoms with E-state index in [1.165, 1.54) is 6.42 Å². The first-order valence-electron chi connectivity index (χ1n) is 8.57. The fourth-order valence-corrected chi connectivity index (χ4v) is 3.05. The molecule has 2 atom stereocenters. The van der Waals surface area contributed by atoms with Crippen LogP contribution in [0.3, 0.4) is 0 Å². The Morgan fingerprint density at radius 1 is 1.39 bits per heavy atom. The molecule has 6 heteroatoms. The zero-order valence-corrected chi connectivity index (χ0v) is 15.2. The number of likely N-dealkylation sites (tertiary alicyclic amines) is 1. The van der Waals surface area contributed by atoms with Gasteiger partial charge in [0.1, 0.15) is 6.04 Å². The number of hydrogen-bond acceptors (Lipinski definition) is 5. The van der Waals surface area contributed by atoms with Crippen LogP contribution in [0.1, 0.15) is 78.6 Å². The molecule has 1 aliphatic rings. The number of nitrogens with zero attached hydrogens (tertiary/aromatic N) is 3. The highest BCUT2D eigenvalue weighted by atomic mass is 16.5. The maximum absolute atomic E-state index is 12.3. The largest absolute Gasteiger partial charge is 0.345 e. The second kappa shape index (κ2) is 6.99. The van der Waals surface area contributed by atoms with Crippen LogP contribution in [0.2, 0.25) is 0 Å². The van der Waals surface area contributed by atoms with Crippen LogP contribution in [-0.4, -0.2) is 39.6 Å². The van der Waals surface area contributed by atoms with Gasteiger partial charge in [0.15, 0.2) is 5.82 Å². The summed E-state index contributed by atoms with van der Waals surface area (Å²) in [5.74, 6) is 1.18. The molecule has 23 heavy (non-hydrogen) atoms. The zero-order valence-electron chi connectivity index (χ0n) is 15.2. The van der Waals surface area contributed by atoms with E-state index in [4.69, 9.17) is 4.52 Å². The van der Waals surface area contributed by atoms with E-state index in [0.29, 0.717) is 30.2 Å². The molecule has 2 rings (SSSR count). The van der Waals surface area contributed by atoms with Crippen LogP contribution in [0.5, 0.6) is 0 Å². The van der Waals surface area contributed by atoms with Crippen molar-refractivity contribution in [1.82, 2.24) is 20.4 Å². The third kappa shape index (κ3) is 4.53. The molecule has 130 valence electrons. The van der Waals surface area contributed by atoms with Gasteiger partial charge in [0.2, 0.25) is 11.8 Å². The van der Waals surface area contributed by atoms with Gasteiger partial charge >= 0.3 is 0 Å². The molecule has 1 aliphatic heterocycles. The summed E-state index contributed by atoms with van der Waals surface area (Å²) in [5.41, 5.74) is -0.160. The second-order valence-corrected chi connectivity index (χ2v) is 7.83. The Kier molecular flexibility index (Phi) is 5.45. The van der Waals surface area contributed by atoms with Crippen molar-refractivity contribution in [2.45, 2.75) is 84.3 Å². The van der Waals surface area contributed by atoms with Gasteiger partial charge < -0.3 is 9.84 Å². The van der Waals surface area contributed by atoms with Gasteiger partial charge in [-0.25, -0.2) is 0 Å². The minimum absolute atomic E-state index is 0.0468. The lowest BCUT2D eigenvalue weighted by Gasteiger charge is -2.28. The van der Waals surface area contributed by atoms with Crippen molar-refractivity contribution in [2.75, 3.05) is 6.54 Å². The molecule has 2 heterocycles. The van der Waals surface area contributed by atoms with Crippen molar-refractivity contribution >= 4 is 5.91 Å². The Balaban J connectivity index is 1.91. The molecule has 1 saturated heterocycles. The quantitative estimate of drug-likeness (QED) is 0.902. The van der Waals surface area contributed by atoms with E-state index in [0.717, 1.165) is 13.0 Å². The molecule has 0 unspecified atom stereocenters. The second-order valence-electron chi connectivity index (χ2n) is 7.83. The first-order chi connectivity index (χ1) is 10.7. The maximum atomic E-state index is 12.3. The van der Waals surface area contributed by atoms with Crippen LogP contribution in [-0.2, 0) is 10.2 Å². The number of hydrogen-bond donors (Lipinski definition) is 1. The van der Waals surface area contributed by atoms with E-state index < -0.39 is 0 Å². The summed E-state index contributed by atoms with van der Waals surface area (Å²) in [5, 5.41) is 6.99. The van der Waals surface area contributed by atoms with Gasteiger partial charge in [-0.1, -0.05) is 25.9 Å². The van der Waals surface area contributed by atoms with Gasteiger partial charge in [-0.2, -0.15) is 4.98 Å². The predicted octanol–water partition coefficient (Wildman–Crippen LogP) is 2.81. The van der Waals surface area contributed by atoms with Crippen molar-refractivity contribution in [3.05, 3.63) is 11.7 Å². The van der Waals surface area contributed by atoms with Gasteiger partial charge in [0, 0.05) is 23.9 Å². The standard InChI is InChI=1S/C17H30N4O2/c1-11(2)21-9-7-8-13(21)10-14(22)18-12(3)15-19-16(20-23-15)17(4,5)6/h11-13H,7-10H2,1-6H3,(H,18,22)/t12-,13-/m0/s1. The van der Waals surface area contributed by atoms with E-state index in [1.54, 1.807) is 0 Å². The topological polar surface area (TPSA) is 71.3 Å². The van der Waals surface area contributed by atoms with E-state index in [2.05, 4.69) is 34.2 Å². The van der Waals surface area contributed by atoms with Crippen LogP contribution in [0, 0.1) is 0 Å². The van der Waals surface area contributed by atoms with Crippen LogP contribution < -0.4 is 5.32 Å². The zero-order chi connectivity index (χ0) is 17.2. The normalized spacial score (nSPS) is 20.9. The van der Waals surface area contributed by atoms with Crippen LogP contribution in [0.15, 0.2) is 4.52 Å². The molecular weight excluding hydrogens is 292 g/mol. The maximum Gasteiger partial charge on any atom is 0.248 e. The first kappa shape index (κ1) is 17.9. The number of carbonyl (C=O) groups excluding carboxylic acids is 1. The van der Waals surface area contributed by atoms with Gasteiger partial charge in [-0.3, -0.25) is 9.69 Å². The fourth-order valence-electron chi connectivity index (χ4n) is 3.05. The van der Waals surface area contributed by atoms with Gasteiger partial charge in [0.25, 0.3) is 0 Å². The van der Waals surface area contributed by atoms with Gasteiger partial charge in [-0.05, 0) is 40.2 Å². The van der Waals surface area contributed by atoms with Crippen molar-refractivity contribution < 1.29 is 9.32 Å². The summed E-state index contributed by atoms with van der Waals surface area (Å²) in [6.45, 7) is 13.4. The third-order valence-electron chi connectivity index (χ3n) is 4.37. The summed E-state index contributed by atoms with van der Waals surface area (Å²) in [6, 6.07) is 0.563. The van der Waals surface area contributed by atoms with Crippen LogP contribution in [0.4, 0.5) is 0 Å². The van der Waals surface area contributed by atoms with Crippen molar-refractivity contribution in [1.29, 1.82) is 0 Å². The summed E-state index contributed by atoms with van der Waals surface area (Å²) < 4.78 is 5.30. The van der Waals surface area contributed by atoms with Crippen molar-refractivity contribution in [3.63, 3.8) is 0 Å². The first-order valence-corrected chi connectivity index (χ1v) is 8.57. The number of amides is 1. The van der Waals surface area contributed by atoms with Crippen molar-refractivity contribution in [2.24, 2.45) is 0 Å². The minimum Gasteiger partial charge on any atom is -0.345 e. The number of nitrogens with one attached hydrogen (secondary N) is 1. The summed E-state index contributed by atoms with van der Waals surface area (Å²) >= 11 is 0. The monoisotopic (exact) mass is 322 g/mol. The smallest absolute Gasteiger partial charge is 0.248 e. The molecule has 0 aromatic carbocycles. The average molecular weight is 322 g/mol. The lowest BCUT2D eigenvalue weighted by Crippen LogP contribution is -2.39. The number of aromatic nitrogens is 2. The summed E-state index contributed by atoms with van der Waals surface area (Å²) in [4.78, 5) is 19.1. The average Bonchev–Trinajstić information content (AvgIpc) is 3.05. The minimum atomic E-state index is -0.264. The SMILES string of the molecule is CC(C)N1CCC[C@H]1CC(=O)N[C@@H](C)c1nc(C(C)(C)C)no1. The van der Waals surface area contributed by atoms with Gasteiger partial charge in [-0.15, -0.1) is 0 Å². The summed E-state index contributed by atoms with van der Waals surface area (Å²) in [6.07, 6.45) is 2.79.